The van der Waals surface area contributed by atoms with Crippen LogP contribution in [0.3, 0.4) is 0 Å². The lowest BCUT2D eigenvalue weighted by Crippen LogP contribution is -2.14. The van der Waals surface area contributed by atoms with Crippen LogP contribution in [0.2, 0.25) is 0 Å². The molecule has 26 heavy (non-hydrogen) atoms. The predicted octanol–water partition coefficient (Wildman–Crippen LogP) is 5.49. The van der Waals surface area contributed by atoms with Gasteiger partial charge in [-0.1, -0.05) is 36.4 Å². The molecule has 1 N–H and O–H groups in total. The first-order valence-electron chi connectivity index (χ1n) is 8.04. The molecule has 4 nitrogen and oxygen atoms in total. The Morgan fingerprint density at radius 1 is 0.923 bits per heavy atom. The van der Waals surface area contributed by atoms with Crippen molar-refractivity contribution in [3.05, 3.63) is 76.6 Å². The number of benzene rings is 1. The Kier molecular flexibility index (Phi) is 4.60. The van der Waals surface area contributed by atoms with Crippen LogP contribution in [0.25, 0.3) is 21.8 Å². The maximum atomic E-state index is 12.6. The summed E-state index contributed by atoms with van der Waals surface area (Å²) in [6, 6.07) is 17.6. The van der Waals surface area contributed by atoms with Gasteiger partial charge in [-0.3, -0.25) is 15.1 Å². The third kappa shape index (κ3) is 3.42. The number of rotatable bonds is 4. The van der Waals surface area contributed by atoms with Gasteiger partial charge in [-0.05, 0) is 30.5 Å². The highest BCUT2D eigenvalue weighted by Crippen LogP contribution is 2.28. The summed E-state index contributed by atoms with van der Waals surface area (Å²) in [5.41, 5.74) is 4.02. The Hall–Kier alpha value is -2.83. The summed E-state index contributed by atoms with van der Waals surface area (Å²) in [4.78, 5) is 22.8. The number of thiazole rings is 1. The number of aromatic nitrogens is 2. The normalized spacial score (nSPS) is 10.7. The van der Waals surface area contributed by atoms with E-state index in [9.17, 15) is 4.79 Å². The maximum Gasteiger partial charge on any atom is 0.259 e. The fourth-order valence-electron chi connectivity index (χ4n) is 2.60. The number of hydrogen-bond acceptors (Lipinski definition) is 5. The van der Waals surface area contributed by atoms with Crippen LogP contribution in [-0.2, 0) is 0 Å². The molecule has 4 rings (SSSR count). The summed E-state index contributed by atoms with van der Waals surface area (Å²) >= 11 is 3.05. The molecule has 0 fully saturated rings. The van der Waals surface area contributed by atoms with Crippen LogP contribution in [0.1, 0.15) is 16.1 Å². The highest BCUT2D eigenvalue weighted by molar-refractivity contribution is 7.16. The first-order valence-corrected chi connectivity index (χ1v) is 9.80. The molecule has 0 aliphatic carbocycles. The molecule has 0 saturated heterocycles. The first-order chi connectivity index (χ1) is 12.7. The molecule has 0 bridgehead atoms. The maximum absolute atomic E-state index is 12.6. The third-order valence-electron chi connectivity index (χ3n) is 3.90. The highest BCUT2D eigenvalue weighted by Gasteiger charge is 2.14. The smallest absolute Gasteiger partial charge is 0.259 e. The van der Waals surface area contributed by atoms with Crippen molar-refractivity contribution in [3.63, 3.8) is 0 Å². The highest BCUT2D eigenvalue weighted by atomic mass is 32.1. The van der Waals surface area contributed by atoms with Crippen molar-refractivity contribution >= 4 is 33.7 Å². The number of thiophene rings is 1. The minimum atomic E-state index is -0.193. The minimum Gasteiger partial charge on any atom is -0.298 e. The summed E-state index contributed by atoms with van der Waals surface area (Å²) in [6.07, 6.45) is 0. The number of hydrogen-bond donors (Lipinski definition) is 1. The fourth-order valence-corrected chi connectivity index (χ4v) is 4.07. The summed E-state index contributed by atoms with van der Waals surface area (Å²) < 4.78 is 0. The van der Waals surface area contributed by atoms with Crippen LogP contribution < -0.4 is 5.32 Å². The molecule has 0 saturated carbocycles. The van der Waals surface area contributed by atoms with Gasteiger partial charge in [-0.25, -0.2) is 4.98 Å². The topological polar surface area (TPSA) is 54.9 Å². The molecule has 128 valence electrons. The van der Waals surface area contributed by atoms with Crippen LogP contribution in [0.4, 0.5) is 5.13 Å². The molecule has 0 aliphatic heterocycles. The molecular weight excluding hydrogens is 362 g/mol. The van der Waals surface area contributed by atoms with E-state index in [1.54, 1.807) is 11.3 Å². The third-order valence-corrected chi connectivity index (χ3v) is 5.55. The van der Waals surface area contributed by atoms with Crippen LogP contribution >= 0.6 is 22.7 Å². The summed E-state index contributed by atoms with van der Waals surface area (Å²) in [6.45, 7) is 1.85. The standard InChI is InChI=1S/C20H15N3OS2/c1-13-15(9-10-16(21-13)14-6-3-2-4-7-14)19(24)23-20-22-17(12-26-20)18-8-5-11-25-18/h2-12H,1H3,(H,22,23,24). The quantitative estimate of drug-likeness (QED) is 0.511. The number of amides is 1. The number of anilines is 1. The van der Waals surface area contributed by atoms with Gasteiger partial charge in [0.1, 0.15) is 0 Å². The van der Waals surface area contributed by atoms with E-state index in [0.29, 0.717) is 16.4 Å². The van der Waals surface area contributed by atoms with Gasteiger partial charge in [-0.2, -0.15) is 0 Å². The average molecular weight is 377 g/mol. The number of carbonyl (C=O) groups is 1. The van der Waals surface area contributed by atoms with E-state index in [0.717, 1.165) is 21.8 Å². The number of aryl methyl sites for hydroxylation is 1. The molecule has 3 aromatic heterocycles. The Bertz CT molecular complexity index is 1040. The van der Waals surface area contributed by atoms with Crippen molar-refractivity contribution < 1.29 is 4.79 Å². The molecule has 6 heteroatoms. The lowest BCUT2D eigenvalue weighted by Gasteiger charge is -2.07. The van der Waals surface area contributed by atoms with Crippen LogP contribution in [0.5, 0.6) is 0 Å². The Labute approximate surface area is 159 Å². The Morgan fingerprint density at radius 3 is 2.50 bits per heavy atom. The van der Waals surface area contributed by atoms with Crippen molar-refractivity contribution in [2.24, 2.45) is 0 Å². The molecule has 1 aromatic carbocycles. The van der Waals surface area contributed by atoms with Crippen LogP contribution in [-0.4, -0.2) is 15.9 Å². The molecule has 1 amide bonds. The first kappa shape index (κ1) is 16.6. The van der Waals surface area contributed by atoms with Crippen molar-refractivity contribution in [1.82, 2.24) is 9.97 Å². The molecular formula is C20H15N3OS2. The fraction of sp³-hybridized carbons (Fsp3) is 0.0500. The van der Waals surface area contributed by atoms with Gasteiger partial charge in [0, 0.05) is 10.9 Å². The van der Waals surface area contributed by atoms with Gasteiger partial charge >= 0.3 is 0 Å². The molecule has 0 spiro atoms. The van der Waals surface area contributed by atoms with Gasteiger partial charge in [0.25, 0.3) is 5.91 Å². The molecule has 4 aromatic rings. The van der Waals surface area contributed by atoms with Gasteiger partial charge in [0.15, 0.2) is 5.13 Å². The monoisotopic (exact) mass is 377 g/mol. The van der Waals surface area contributed by atoms with Crippen LogP contribution in [0.15, 0.2) is 65.4 Å². The largest absolute Gasteiger partial charge is 0.298 e. The van der Waals surface area contributed by atoms with E-state index in [4.69, 9.17) is 0 Å². The second-order valence-corrected chi connectivity index (χ2v) is 7.47. The lowest BCUT2D eigenvalue weighted by molar-refractivity contribution is 0.102. The minimum absolute atomic E-state index is 0.193. The van der Waals surface area contributed by atoms with E-state index in [1.807, 2.05) is 72.3 Å². The zero-order valence-corrected chi connectivity index (χ0v) is 15.6. The number of nitrogens with one attached hydrogen (secondary N) is 1. The van der Waals surface area contributed by atoms with Gasteiger partial charge in [-0.15, -0.1) is 22.7 Å². The molecule has 0 atom stereocenters. The Morgan fingerprint density at radius 2 is 1.77 bits per heavy atom. The van der Waals surface area contributed by atoms with Crippen LogP contribution in [0, 0.1) is 6.92 Å². The van der Waals surface area contributed by atoms with Gasteiger partial charge in [0.2, 0.25) is 0 Å². The molecule has 0 radical (unpaired) electrons. The van der Waals surface area contributed by atoms with E-state index < -0.39 is 0 Å². The number of nitrogens with zero attached hydrogens (tertiary/aromatic N) is 2. The zero-order valence-electron chi connectivity index (χ0n) is 14.0. The predicted molar refractivity (Wildman–Crippen MR) is 108 cm³/mol. The van der Waals surface area contributed by atoms with E-state index >= 15 is 0 Å². The summed E-state index contributed by atoms with van der Waals surface area (Å²) in [7, 11) is 0. The lowest BCUT2D eigenvalue weighted by atomic mass is 10.1. The van der Waals surface area contributed by atoms with Crippen molar-refractivity contribution in [3.8, 4) is 21.8 Å². The van der Waals surface area contributed by atoms with Crippen molar-refractivity contribution in [2.45, 2.75) is 6.92 Å². The second-order valence-electron chi connectivity index (χ2n) is 5.66. The number of carbonyl (C=O) groups excluding carboxylic acids is 1. The molecule has 0 aliphatic rings. The molecule has 3 heterocycles. The van der Waals surface area contributed by atoms with Gasteiger partial charge < -0.3 is 0 Å². The number of pyridine rings is 1. The summed E-state index contributed by atoms with van der Waals surface area (Å²) in [5.74, 6) is -0.193. The van der Waals surface area contributed by atoms with Crippen molar-refractivity contribution in [2.75, 3.05) is 5.32 Å². The zero-order chi connectivity index (χ0) is 17.9. The Balaban J connectivity index is 1.53. The van der Waals surface area contributed by atoms with E-state index in [1.165, 1.54) is 11.3 Å². The van der Waals surface area contributed by atoms with Gasteiger partial charge in [0.05, 0.1) is 27.5 Å². The molecule has 0 unspecified atom stereocenters. The summed E-state index contributed by atoms with van der Waals surface area (Å²) in [5, 5.41) is 7.42. The average Bonchev–Trinajstić information content (AvgIpc) is 3.34. The second kappa shape index (κ2) is 7.19. The van der Waals surface area contributed by atoms with Crippen molar-refractivity contribution in [1.29, 1.82) is 0 Å². The van der Waals surface area contributed by atoms with E-state index in [2.05, 4.69) is 15.3 Å². The SMILES string of the molecule is Cc1nc(-c2ccccc2)ccc1C(=O)Nc1nc(-c2cccs2)cs1. The van der Waals surface area contributed by atoms with E-state index in [-0.39, 0.29) is 5.91 Å².